The van der Waals surface area contributed by atoms with Crippen molar-refractivity contribution in [3.63, 3.8) is 0 Å². The fourth-order valence-corrected chi connectivity index (χ4v) is 2.52. The van der Waals surface area contributed by atoms with Crippen molar-refractivity contribution >= 4 is 15.9 Å². The first-order chi connectivity index (χ1) is 9.85. The Morgan fingerprint density at radius 1 is 1.05 bits per heavy atom. The Hall–Kier alpha value is -1.44. The summed E-state index contributed by atoms with van der Waals surface area (Å²) in [6, 6.07) is 7.67. The van der Waals surface area contributed by atoms with Crippen molar-refractivity contribution in [1.29, 1.82) is 0 Å². The van der Waals surface area contributed by atoms with Gasteiger partial charge in [-0.15, -0.1) is 0 Å². The number of nitrogens with zero attached hydrogens (tertiary/aromatic N) is 2. The topological polar surface area (TPSA) is 23.6 Å². The quantitative estimate of drug-likeness (QED) is 0.742. The van der Waals surface area contributed by atoms with Crippen LogP contribution in [0.2, 0.25) is 0 Å². The Morgan fingerprint density at radius 2 is 1.62 bits per heavy atom. The summed E-state index contributed by atoms with van der Waals surface area (Å²) in [5.41, 5.74) is 1.74. The number of carbonyl (C=O) groups is 1. The lowest BCUT2D eigenvalue weighted by Gasteiger charge is -2.32. The van der Waals surface area contributed by atoms with Gasteiger partial charge in [0, 0.05) is 37.3 Å². The third-order valence-corrected chi connectivity index (χ3v) is 4.14. The SMILES string of the molecule is CN1CCN(C(=O)c2ccc(C#CS(C)(C)C)cc2)CC1. The lowest BCUT2D eigenvalue weighted by atomic mass is 10.1. The fraction of sp³-hybridized carbons (Fsp3) is 0.471. The van der Waals surface area contributed by atoms with Crippen LogP contribution < -0.4 is 0 Å². The van der Waals surface area contributed by atoms with E-state index in [2.05, 4.69) is 41.9 Å². The molecule has 3 nitrogen and oxygen atoms in total. The molecule has 0 radical (unpaired) electrons. The highest BCUT2D eigenvalue weighted by Gasteiger charge is 2.19. The first kappa shape index (κ1) is 15.9. The zero-order chi connectivity index (χ0) is 15.5. The second kappa shape index (κ2) is 6.55. The van der Waals surface area contributed by atoms with Crippen molar-refractivity contribution in [2.24, 2.45) is 0 Å². The largest absolute Gasteiger partial charge is 0.336 e. The van der Waals surface area contributed by atoms with E-state index in [0.717, 1.165) is 37.3 Å². The summed E-state index contributed by atoms with van der Waals surface area (Å²) in [5, 5.41) is 3.29. The zero-order valence-electron chi connectivity index (χ0n) is 13.3. The number of carbonyl (C=O) groups excluding carboxylic acids is 1. The molecule has 0 unspecified atom stereocenters. The molecular formula is C17H24N2OS. The summed E-state index contributed by atoms with van der Waals surface area (Å²) in [5.74, 6) is 3.32. The minimum Gasteiger partial charge on any atom is -0.336 e. The molecular weight excluding hydrogens is 280 g/mol. The first-order valence-corrected chi connectivity index (χ1v) is 10.00. The maximum Gasteiger partial charge on any atom is 0.253 e. The van der Waals surface area contributed by atoms with Crippen LogP contribution in [-0.2, 0) is 0 Å². The maximum atomic E-state index is 12.4. The molecule has 1 fully saturated rings. The first-order valence-electron chi connectivity index (χ1n) is 7.14. The summed E-state index contributed by atoms with van der Waals surface area (Å²) in [7, 11) is 1.28. The fourth-order valence-electron chi connectivity index (χ4n) is 2.10. The number of hydrogen-bond acceptors (Lipinski definition) is 2. The molecule has 0 N–H and O–H groups in total. The van der Waals surface area contributed by atoms with E-state index in [1.165, 1.54) is 0 Å². The Labute approximate surface area is 129 Å². The van der Waals surface area contributed by atoms with Gasteiger partial charge in [0.15, 0.2) is 0 Å². The minimum absolute atomic E-state index is 0.129. The summed E-state index contributed by atoms with van der Waals surface area (Å²) in [4.78, 5) is 16.6. The van der Waals surface area contributed by atoms with Crippen molar-refractivity contribution in [3.8, 4) is 11.2 Å². The van der Waals surface area contributed by atoms with Gasteiger partial charge in [0.1, 0.15) is 0 Å². The van der Waals surface area contributed by atoms with Gasteiger partial charge in [0.05, 0.1) is 0 Å². The Balaban J connectivity index is 2.04. The van der Waals surface area contributed by atoms with E-state index in [4.69, 9.17) is 0 Å². The van der Waals surface area contributed by atoms with Crippen LogP contribution in [0.5, 0.6) is 0 Å². The number of amides is 1. The Bertz CT molecular complexity index is 555. The van der Waals surface area contributed by atoms with Gasteiger partial charge in [0.2, 0.25) is 0 Å². The summed E-state index contributed by atoms with van der Waals surface area (Å²) in [6.07, 6.45) is 6.52. The Morgan fingerprint density at radius 3 is 2.14 bits per heavy atom. The molecule has 1 heterocycles. The van der Waals surface area contributed by atoms with E-state index in [0.29, 0.717) is 0 Å². The summed E-state index contributed by atoms with van der Waals surface area (Å²) < 4.78 is 0. The summed E-state index contributed by atoms with van der Waals surface area (Å²) >= 11 is 0. The molecule has 4 heteroatoms. The predicted octanol–water partition coefficient (Wildman–Crippen LogP) is 2.08. The molecule has 0 spiro atoms. The predicted molar refractivity (Wildman–Crippen MR) is 92.1 cm³/mol. The van der Waals surface area contributed by atoms with Crippen molar-refractivity contribution in [3.05, 3.63) is 35.4 Å². The summed E-state index contributed by atoms with van der Waals surface area (Å²) in [6.45, 7) is 3.52. The minimum atomic E-state index is -0.812. The smallest absolute Gasteiger partial charge is 0.253 e. The van der Waals surface area contributed by atoms with Crippen LogP contribution in [-0.4, -0.2) is 67.7 Å². The van der Waals surface area contributed by atoms with Crippen molar-refractivity contribution in [2.75, 3.05) is 52.0 Å². The molecule has 0 aliphatic carbocycles. The van der Waals surface area contributed by atoms with E-state index in [1.807, 2.05) is 29.2 Å². The van der Waals surface area contributed by atoms with Gasteiger partial charge in [-0.05, 0) is 55.3 Å². The third-order valence-electron chi connectivity index (χ3n) is 3.42. The molecule has 2 rings (SSSR count). The monoisotopic (exact) mass is 304 g/mol. The molecule has 21 heavy (non-hydrogen) atoms. The van der Waals surface area contributed by atoms with E-state index in [9.17, 15) is 4.79 Å². The maximum absolute atomic E-state index is 12.4. The van der Waals surface area contributed by atoms with Gasteiger partial charge in [-0.2, -0.15) is 10.0 Å². The molecule has 1 aromatic rings. The van der Waals surface area contributed by atoms with Crippen LogP contribution in [0, 0.1) is 11.2 Å². The highest BCUT2D eigenvalue weighted by atomic mass is 32.3. The highest BCUT2D eigenvalue weighted by molar-refractivity contribution is 8.35. The van der Waals surface area contributed by atoms with Crippen molar-refractivity contribution in [1.82, 2.24) is 9.80 Å². The number of likely N-dealkylation sites (N-methyl/N-ethyl adjacent to an activating group) is 1. The van der Waals surface area contributed by atoms with E-state index in [1.54, 1.807) is 0 Å². The standard InChI is InChI=1S/C17H24N2OS/c1-18-10-12-19(13-11-18)17(20)16-7-5-15(6-8-16)9-14-21(2,3)4/h5-8H,10-13H2,1-4H3. The number of hydrogen-bond donors (Lipinski definition) is 0. The second-order valence-electron chi connectivity index (χ2n) is 6.24. The molecule has 1 amide bonds. The van der Waals surface area contributed by atoms with E-state index in [-0.39, 0.29) is 5.91 Å². The third kappa shape index (κ3) is 4.80. The number of piperazine rings is 1. The van der Waals surface area contributed by atoms with Gasteiger partial charge in [-0.3, -0.25) is 4.79 Å². The molecule has 114 valence electrons. The van der Waals surface area contributed by atoms with Crippen molar-refractivity contribution < 1.29 is 4.79 Å². The highest BCUT2D eigenvalue weighted by Crippen LogP contribution is 2.32. The second-order valence-corrected chi connectivity index (χ2v) is 10.1. The molecule has 1 aliphatic heterocycles. The molecule has 0 saturated carbocycles. The van der Waals surface area contributed by atoms with Crippen LogP contribution >= 0.6 is 10.0 Å². The molecule has 1 saturated heterocycles. The molecule has 1 aliphatic rings. The van der Waals surface area contributed by atoms with Crippen LogP contribution in [0.25, 0.3) is 0 Å². The van der Waals surface area contributed by atoms with Gasteiger partial charge in [-0.25, -0.2) is 0 Å². The van der Waals surface area contributed by atoms with E-state index < -0.39 is 10.0 Å². The van der Waals surface area contributed by atoms with Crippen LogP contribution in [0.15, 0.2) is 24.3 Å². The lowest BCUT2D eigenvalue weighted by Crippen LogP contribution is -2.47. The Kier molecular flexibility index (Phi) is 4.97. The average Bonchev–Trinajstić information content (AvgIpc) is 2.45. The van der Waals surface area contributed by atoms with Crippen LogP contribution in [0.1, 0.15) is 15.9 Å². The van der Waals surface area contributed by atoms with E-state index >= 15 is 0 Å². The normalized spacial score (nSPS) is 17.0. The van der Waals surface area contributed by atoms with Gasteiger partial charge in [0.25, 0.3) is 5.91 Å². The van der Waals surface area contributed by atoms with Gasteiger partial charge < -0.3 is 9.80 Å². The molecule has 0 aromatic heterocycles. The molecule has 1 aromatic carbocycles. The van der Waals surface area contributed by atoms with Crippen molar-refractivity contribution in [2.45, 2.75) is 0 Å². The number of rotatable bonds is 1. The lowest BCUT2D eigenvalue weighted by molar-refractivity contribution is 0.0664. The molecule has 0 atom stereocenters. The average molecular weight is 304 g/mol. The van der Waals surface area contributed by atoms with Gasteiger partial charge >= 0.3 is 0 Å². The van der Waals surface area contributed by atoms with Gasteiger partial charge in [-0.1, -0.05) is 5.92 Å². The number of benzene rings is 1. The van der Waals surface area contributed by atoms with Crippen LogP contribution in [0.4, 0.5) is 0 Å². The zero-order valence-corrected chi connectivity index (χ0v) is 14.2. The molecule has 0 bridgehead atoms. The van der Waals surface area contributed by atoms with Crippen LogP contribution in [0.3, 0.4) is 0 Å².